The second kappa shape index (κ2) is 6.93. The molecule has 0 aliphatic carbocycles. The van der Waals surface area contributed by atoms with E-state index in [0.29, 0.717) is 6.04 Å². The summed E-state index contributed by atoms with van der Waals surface area (Å²) in [6.45, 7) is 5.94. The average Bonchev–Trinajstić information content (AvgIpc) is 2.72. The summed E-state index contributed by atoms with van der Waals surface area (Å²) in [5.41, 5.74) is 0. The van der Waals surface area contributed by atoms with Crippen LogP contribution in [-0.2, 0) is 17.7 Å². The van der Waals surface area contributed by atoms with Crippen LogP contribution < -0.4 is 5.32 Å². The van der Waals surface area contributed by atoms with Crippen molar-refractivity contribution >= 4 is 11.3 Å². The third kappa shape index (κ3) is 4.28. The van der Waals surface area contributed by atoms with Gasteiger partial charge in [-0.1, -0.05) is 13.8 Å². The van der Waals surface area contributed by atoms with Crippen molar-refractivity contribution in [3.63, 3.8) is 0 Å². The molecule has 0 saturated carbocycles. The quantitative estimate of drug-likeness (QED) is 0.777. The largest absolute Gasteiger partial charge is 0.383 e. The molecule has 0 aliphatic heterocycles. The van der Waals surface area contributed by atoms with E-state index in [1.807, 2.05) is 6.20 Å². The normalized spacial score (nSPS) is 13.0. The van der Waals surface area contributed by atoms with Crippen LogP contribution in [0.2, 0.25) is 0 Å². The van der Waals surface area contributed by atoms with Gasteiger partial charge in [0, 0.05) is 30.8 Å². The SMILES string of the molecule is CCc1cnc(CNC(CC)COC)s1. The van der Waals surface area contributed by atoms with E-state index in [4.69, 9.17) is 4.74 Å². The molecule has 3 nitrogen and oxygen atoms in total. The van der Waals surface area contributed by atoms with Crippen LogP contribution in [0.3, 0.4) is 0 Å². The molecule has 1 atom stereocenters. The summed E-state index contributed by atoms with van der Waals surface area (Å²) in [5.74, 6) is 0. The van der Waals surface area contributed by atoms with Gasteiger partial charge >= 0.3 is 0 Å². The van der Waals surface area contributed by atoms with Gasteiger partial charge in [-0.05, 0) is 12.8 Å². The number of aryl methyl sites for hydroxylation is 1. The fourth-order valence-corrected chi connectivity index (χ4v) is 2.16. The molecule has 1 rings (SSSR count). The van der Waals surface area contributed by atoms with Crippen molar-refractivity contribution in [1.82, 2.24) is 10.3 Å². The van der Waals surface area contributed by atoms with Crippen LogP contribution in [0.5, 0.6) is 0 Å². The minimum absolute atomic E-state index is 0.434. The van der Waals surface area contributed by atoms with Crippen molar-refractivity contribution in [2.24, 2.45) is 0 Å². The number of hydrogen-bond acceptors (Lipinski definition) is 4. The van der Waals surface area contributed by atoms with E-state index in [2.05, 4.69) is 24.1 Å². The van der Waals surface area contributed by atoms with Crippen LogP contribution >= 0.6 is 11.3 Å². The molecule has 4 heteroatoms. The highest BCUT2D eigenvalue weighted by Crippen LogP contribution is 2.13. The van der Waals surface area contributed by atoms with Crippen molar-refractivity contribution < 1.29 is 4.74 Å². The topological polar surface area (TPSA) is 34.2 Å². The van der Waals surface area contributed by atoms with Crippen molar-refractivity contribution in [2.75, 3.05) is 13.7 Å². The Morgan fingerprint density at radius 3 is 2.87 bits per heavy atom. The molecular formula is C11H20N2OS. The maximum atomic E-state index is 5.13. The lowest BCUT2D eigenvalue weighted by atomic mass is 10.2. The van der Waals surface area contributed by atoms with E-state index in [0.717, 1.165) is 26.0 Å². The number of thiazole rings is 1. The van der Waals surface area contributed by atoms with E-state index in [1.54, 1.807) is 18.4 Å². The fraction of sp³-hybridized carbons (Fsp3) is 0.727. The third-order valence-electron chi connectivity index (χ3n) is 2.35. The summed E-state index contributed by atoms with van der Waals surface area (Å²) < 4.78 is 5.13. The molecule has 1 heterocycles. The zero-order valence-electron chi connectivity index (χ0n) is 9.75. The third-order valence-corrected chi connectivity index (χ3v) is 3.49. The molecule has 1 aromatic rings. The lowest BCUT2D eigenvalue weighted by Gasteiger charge is -2.14. The molecule has 1 unspecified atom stereocenters. The Kier molecular flexibility index (Phi) is 5.83. The summed E-state index contributed by atoms with van der Waals surface area (Å²) in [4.78, 5) is 5.72. The van der Waals surface area contributed by atoms with Crippen LogP contribution in [-0.4, -0.2) is 24.7 Å². The summed E-state index contributed by atoms with van der Waals surface area (Å²) in [5, 5.41) is 4.61. The van der Waals surface area contributed by atoms with Crippen LogP contribution in [0.4, 0.5) is 0 Å². The fourth-order valence-electron chi connectivity index (χ4n) is 1.35. The number of nitrogens with zero attached hydrogens (tertiary/aromatic N) is 1. The highest BCUT2D eigenvalue weighted by Gasteiger charge is 2.06. The molecule has 0 saturated heterocycles. The maximum absolute atomic E-state index is 5.13. The van der Waals surface area contributed by atoms with E-state index in [9.17, 15) is 0 Å². The average molecular weight is 228 g/mol. The first-order valence-electron chi connectivity index (χ1n) is 5.46. The predicted molar refractivity (Wildman–Crippen MR) is 64.3 cm³/mol. The molecule has 15 heavy (non-hydrogen) atoms. The molecule has 0 aromatic carbocycles. The molecule has 0 spiro atoms. The standard InChI is InChI=1S/C11H20N2OS/c1-4-9(8-14-3)12-7-11-13-6-10(5-2)15-11/h6,9,12H,4-5,7-8H2,1-3H3. The second-order valence-electron chi connectivity index (χ2n) is 3.52. The summed E-state index contributed by atoms with van der Waals surface area (Å²) in [6.07, 6.45) is 4.13. The molecule has 1 N–H and O–H groups in total. The predicted octanol–water partition coefficient (Wildman–Crippen LogP) is 2.22. The minimum atomic E-state index is 0.434. The number of rotatable bonds is 7. The van der Waals surface area contributed by atoms with Gasteiger partial charge in [0.05, 0.1) is 6.61 Å². The van der Waals surface area contributed by atoms with Gasteiger partial charge in [0.2, 0.25) is 0 Å². The number of nitrogens with one attached hydrogen (secondary N) is 1. The summed E-state index contributed by atoms with van der Waals surface area (Å²) in [7, 11) is 1.74. The Labute approximate surface area is 95.9 Å². The number of ether oxygens (including phenoxy) is 1. The van der Waals surface area contributed by atoms with E-state index >= 15 is 0 Å². The van der Waals surface area contributed by atoms with Gasteiger partial charge in [-0.2, -0.15) is 0 Å². The van der Waals surface area contributed by atoms with Gasteiger partial charge in [0.15, 0.2) is 0 Å². The lowest BCUT2D eigenvalue weighted by molar-refractivity contribution is 0.164. The van der Waals surface area contributed by atoms with Gasteiger partial charge in [-0.25, -0.2) is 4.98 Å². The molecule has 0 bridgehead atoms. The van der Waals surface area contributed by atoms with Crippen molar-refractivity contribution in [3.8, 4) is 0 Å². The van der Waals surface area contributed by atoms with Gasteiger partial charge in [-0.15, -0.1) is 11.3 Å². The van der Waals surface area contributed by atoms with Crippen LogP contribution in [0, 0.1) is 0 Å². The number of hydrogen-bond donors (Lipinski definition) is 1. The lowest BCUT2D eigenvalue weighted by Crippen LogP contribution is -2.31. The Hall–Kier alpha value is -0.450. The maximum Gasteiger partial charge on any atom is 0.107 e. The first kappa shape index (κ1) is 12.6. The zero-order valence-corrected chi connectivity index (χ0v) is 10.6. The summed E-state index contributed by atoms with van der Waals surface area (Å²) >= 11 is 1.79. The molecule has 1 aromatic heterocycles. The molecule has 0 radical (unpaired) electrons. The highest BCUT2D eigenvalue weighted by molar-refractivity contribution is 7.11. The van der Waals surface area contributed by atoms with E-state index < -0.39 is 0 Å². The first-order chi connectivity index (χ1) is 7.30. The highest BCUT2D eigenvalue weighted by atomic mass is 32.1. The Morgan fingerprint density at radius 1 is 1.53 bits per heavy atom. The van der Waals surface area contributed by atoms with Gasteiger partial charge in [0.25, 0.3) is 0 Å². The number of methoxy groups -OCH3 is 1. The van der Waals surface area contributed by atoms with Crippen LogP contribution in [0.1, 0.15) is 30.2 Å². The van der Waals surface area contributed by atoms with Crippen molar-refractivity contribution in [3.05, 3.63) is 16.1 Å². The van der Waals surface area contributed by atoms with Gasteiger partial charge < -0.3 is 10.1 Å². The Balaban J connectivity index is 2.34. The molecule has 0 fully saturated rings. The van der Waals surface area contributed by atoms with Crippen molar-refractivity contribution in [2.45, 2.75) is 39.3 Å². The van der Waals surface area contributed by atoms with Gasteiger partial charge in [0.1, 0.15) is 5.01 Å². The van der Waals surface area contributed by atoms with Gasteiger partial charge in [-0.3, -0.25) is 0 Å². The Bertz CT molecular complexity index is 275. The van der Waals surface area contributed by atoms with Crippen LogP contribution in [0.25, 0.3) is 0 Å². The molecule has 0 aliphatic rings. The Morgan fingerprint density at radius 2 is 2.33 bits per heavy atom. The first-order valence-corrected chi connectivity index (χ1v) is 6.27. The second-order valence-corrected chi connectivity index (χ2v) is 4.72. The van der Waals surface area contributed by atoms with E-state index in [1.165, 1.54) is 9.88 Å². The smallest absolute Gasteiger partial charge is 0.107 e. The zero-order chi connectivity index (χ0) is 11.1. The minimum Gasteiger partial charge on any atom is -0.383 e. The molecular weight excluding hydrogens is 208 g/mol. The molecule has 86 valence electrons. The van der Waals surface area contributed by atoms with Crippen LogP contribution in [0.15, 0.2) is 6.20 Å². The molecule has 0 amide bonds. The van der Waals surface area contributed by atoms with E-state index in [-0.39, 0.29) is 0 Å². The monoisotopic (exact) mass is 228 g/mol. The number of aromatic nitrogens is 1. The summed E-state index contributed by atoms with van der Waals surface area (Å²) in [6, 6.07) is 0.434. The van der Waals surface area contributed by atoms with Crippen molar-refractivity contribution in [1.29, 1.82) is 0 Å².